The van der Waals surface area contributed by atoms with Gasteiger partial charge >= 0.3 is 0 Å². The van der Waals surface area contributed by atoms with Crippen molar-refractivity contribution >= 4 is 0 Å². The third kappa shape index (κ3) is 3.54. The molecule has 0 saturated carbocycles. The first-order valence-electron chi connectivity index (χ1n) is 6.24. The molecule has 6 heteroatoms. The Hall–Kier alpha value is -1.95. The number of aryl methyl sites for hydroxylation is 1. The van der Waals surface area contributed by atoms with E-state index in [4.69, 9.17) is 15.0 Å². The van der Waals surface area contributed by atoms with Gasteiger partial charge in [-0.05, 0) is 38.0 Å². The Balaban J connectivity index is 2.11. The Morgan fingerprint density at radius 2 is 1.95 bits per heavy atom. The van der Waals surface area contributed by atoms with Crippen LogP contribution in [0.5, 0.6) is 5.75 Å². The summed E-state index contributed by atoms with van der Waals surface area (Å²) in [5.74, 6) is -1.53. The van der Waals surface area contributed by atoms with Crippen molar-refractivity contribution in [2.45, 2.75) is 32.9 Å². The molecule has 108 valence electrons. The van der Waals surface area contributed by atoms with Gasteiger partial charge in [-0.3, -0.25) is 0 Å². The lowest BCUT2D eigenvalue weighted by Gasteiger charge is -2.10. The summed E-state index contributed by atoms with van der Waals surface area (Å²) >= 11 is 0. The largest absolute Gasteiger partial charge is 0.479 e. The zero-order chi connectivity index (χ0) is 14.7. The first kappa shape index (κ1) is 14.5. The maximum atomic E-state index is 13.8. The van der Waals surface area contributed by atoms with Gasteiger partial charge in [0, 0.05) is 12.1 Å². The van der Waals surface area contributed by atoms with Crippen molar-refractivity contribution in [2.24, 2.45) is 5.73 Å². The molecule has 2 N–H and O–H groups in total. The Morgan fingerprint density at radius 1 is 1.30 bits per heavy atom. The van der Waals surface area contributed by atoms with Crippen LogP contribution in [-0.4, -0.2) is 11.2 Å². The van der Waals surface area contributed by atoms with Crippen LogP contribution < -0.4 is 10.5 Å². The average molecular weight is 282 g/mol. The number of nitrogens with zero attached hydrogens (tertiary/aromatic N) is 1. The number of halogens is 2. The van der Waals surface area contributed by atoms with Crippen LogP contribution in [0.25, 0.3) is 0 Å². The van der Waals surface area contributed by atoms with Crippen LogP contribution in [-0.2, 0) is 13.0 Å². The van der Waals surface area contributed by atoms with Gasteiger partial charge in [-0.2, -0.15) is 0 Å². The lowest BCUT2D eigenvalue weighted by atomic mass is 10.1. The molecule has 0 saturated heterocycles. The lowest BCUT2D eigenvalue weighted by Crippen LogP contribution is -2.18. The summed E-state index contributed by atoms with van der Waals surface area (Å²) in [4.78, 5) is 0. The molecule has 0 fully saturated rings. The molecule has 1 atom stereocenters. The van der Waals surface area contributed by atoms with Gasteiger partial charge in [0.05, 0.1) is 5.69 Å². The molecule has 2 rings (SSSR count). The minimum atomic E-state index is -0.753. The van der Waals surface area contributed by atoms with Gasteiger partial charge in [-0.25, -0.2) is 8.78 Å². The second-order valence-corrected chi connectivity index (χ2v) is 4.79. The fourth-order valence-corrected chi connectivity index (χ4v) is 1.87. The molecule has 0 amide bonds. The number of ether oxygens (including phenoxy) is 1. The molecule has 1 aromatic heterocycles. The zero-order valence-electron chi connectivity index (χ0n) is 11.3. The molecule has 0 bridgehead atoms. The molecule has 0 radical (unpaired) electrons. The maximum absolute atomic E-state index is 13.8. The molecule has 0 aliphatic heterocycles. The van der Waals surface area contributed by atoms with Crippen molar-refractivity contribution in [1.29, 1.82) is 0 Å². The van der Waals surface area contributed by atoms with Crippen molar-refractivity contribution in [1.82, 2.24) is 5.16 Å². The van der Waals surface area contributed by atoms with Crippen LogP contribution in [0.4, 0.5) is 8.78 Å². The average Bonchev–Trinajstić information content (AvgIpc) is 2.73. The highest BCUT2D eigenvalue weighted by Gasteiger charge is 2.14. The lowest BCUT2D eigenvalue weighted by molar-refractivity contribution is 0.230. The van der Waals surface area contributed by atoms with E-state index in [-0.39, 0.29) is 12.6 Å². The molecule has 0 aliphatic carbocycles. The number of benzene rings is 1. The first-order valence-corrected chi connectivity index (χ1v) is 6.24. The number of aromatic nitrogens is 1. The monoisotopic (exact) mass is 282 g/mol. The van der Waals surface area contributed by atoms with Crippen LogP contribution in [0.15, 0.2) is 22.7 Å². The van der Waals surface area contributed by atoms with E-state index in [1.54, 1.807) is 19.9 Å². The van der Waals surface area contributed by atoms with E-state index in [0.717, 1.165) is 0 Å². The normalized spacial score (nSPS) is 12.4. The van der Waals surface area contributed by atoms with Gasteiger partial charge in [-0.1, -0.05) is 5.16 Å². The maximum Gasteiger partial charge on any atom is 0.191 e. The van der Waals surface area contributed by atoms with E-state index in [2.05, 4.69) is 5.16 Å². The van der Waals surface area contributed by atoms with Crippen molar-refractivity contribution in [2.75, 3.05) is 0 Å². The van der Waals surface area contributed by atoms with E-state index in [1.807, 2.05) is 0 Å². The van der Waals surface area contributed by atoms with Crippen molar-refractivity contribution < 1.29 is 18.0 Å². The predicted molar refractivity (Wildman–Crippen MR) is 69.3 cm³/mol. The van der Waals surface area contributed by atoms with E-state index < -0.39 is 17.4 Å². The summed E-state index contributed by atoms with van der Waals surface area (Å²) in [6, 6.07) is 3.93. The Bertz CT molecular complexity index is 574. The van der Waals surface area contributed by atoms with E-state index >= 15 is 0 Å². The van der Waals surface area contributed by atoms with Crippen LogP contribution in [0.1, 0.15) is 23.9 Å². The van der Waals surface area contributed by atoms with Crippen LogP contribution >= 0.6 is 0 Å². The highest BCUT2D eigenvalue weighted by atomic mass is 19.1. The fraction of sp³-hybridized carbons (Fsp3) is 0.357. The van der Waals surface area contributed by atoms with Gasteiger partial charge in [0.1, 0.15) is 6.61 Å². The molecule has 0 spiro atoms. The summed E-state index contributed by atoms with van der Waals surface area (Å²) < 4.78 is 37.7. The minimum absolute atomic E-state index is 0.0820. The van der Waals surface area contributed by atoms with Gasteiger partial charge in [0.2, 0.25) is 0 Å². The summed E-state index contributed by atoms with van der Waals surface area (Å²) in [6.07, 6.45) is 0.398. The van der Waals surface area contributed by atoms with Gasteiger partial charge in [-0.15, -0.1) is 0 Å². The second-order valence-electron chi connectivity index (χ2n) is 4.79. The van der Waals surface area contributed by atoms with Gasteiger partial charge in [0.25, 0.3) is 0 Å². The van der Waals surface area contributed by atoms with Crippen molar-refractivity contribution in [3.8, 4) is 5.75 Å². The topological polar surface area (TPSA) is 61.3 Å². The number of nitrogens with two attached hydrogens (primary N) is 1. The van der Waals surface area contributed by atoms with Gasteiger partial charge in [0.15, 0.2) is 23.1 Å². The molecule has 0 aliphatic rings. The second kappa shape index (κ2) is 6.00. The number of rotatable bonds is 5. The third-order valence-corrected chi connectivity index (χ3v) is 2.65. The number of hydrogen-bond acceptors (Lipinski definition) is 4. The Kier molecular flexibility index (Phi) is 4.34. The molecule has 20 heavy (non-hydrogen) atoms. The standard InChI is InChI=1S/C14H16F2N2O2/c1-8(17)3-10-5-12(15)14(13(16)6-10)19-7-11-4-9(2)18-20-11/h4-6,8H,3,7,17H2,1-2H3. The quantitative estimate of drug-likeness (QED) is 0.916. The molecular weight excluding hydrogens is 266 g/mol. The zero-order valence-corrected chi connectivity index (χ0v) is 11.3. The van der Waals surface area contributed by atoms with E-state index in [0.29, 0.717) is 23.4 Å². The third-order valence-electron chi connectivity index (χ3n) is 2.65. The molecule has 4 nitrogen and oxygen atoms in total. The first-order chi connectivity index (χ1) is 9.45. The summed E-state index contributed by atoms with van der Waals surface area (Å²) in [7, 11) is 0. The summed E-state index contributed by atoms with van der Waals surface area (Å²) in [6.45, 7) is 3.44. The molecule has 1 heterocycles. The van der Waals surface area contributed by atoms with E-state index in [9.17, 15) is 8.78 Å². The highest BCUT2D eigenvalue weighted by molar-refractivity contribution is 5.32. The number of hydrogen-bond donors (Lipinski definition) is 1. The smallest absolute Gasteiger partial charge is 0.191 e. The Morgan fingerprint density at radius 3 is 2.45 bits per heavy atom. The summed E-state index contributed by atoms with van der Waals surface area (Å²) in [5.41, 5.74) is 6.78. The Labute approximate surface area is 115 Å². The van der Waals surface area contributed by atoms with Crippen molar-refractivity contribution in [3.05, 3.63) is 46.9 Å². The van der Waals surface area contributed by atoms with Gasteiger partial charge < -0.3 is 15.0 Å². The minimum Gasteiger partial charge on any atom is -0.479 e. The van der Waals surface area contributed by atoms with Crippen LogP contribution in [0, 0.1) is 18.6 Å². The molecule has 2 aromatic rings. The highest BCUT2D eigenvalue weighted by Crippen LogP contribution is 2.25. The molecule has 1 unspecified atom stereocenters. The SMILES string of the molecule is Cc1cc(COc2c(F)cc(CC(C)N)cc2F)on1. The fourth-order valence-electron chi connectivity index (χ4n) is 1.87. The van der Waals surface area contributed by atoms with Crippen molar-refractivity contribution in [3.63, 3.8) is 0 Å². The van der Waals surface area contributed by atoms with E-state index in [1.165, 1.54) is 12.1 Å². The van der Waals surface area contributed by atoms with Crippen LogP contribution in [0.2, 0.25) is 0 Å². The molecule has 1 aromatic carbocycles. The molecular formula is C14H16F2N2O2. The van der Waals surface area contributed by atoms with Crippen LogP contribution in [0.3, 0.4) is 0 Å². The predicted octanol–water partition coefficient (Wildman–Crippen LogP) is 2.73. The summed E-state index contributed by atoms with van der Waals surface area (Å²) in [5, 5.41) is 3.66.